The lowest BCUT2D eigenvalue weighted by Gasteiger charge is -2.06. The summed E-state index contributed by atoms with van der Waals surface area (Å²) in [6.07, 6.45) is 4.45. The summed E-state index contributed by atoms with van der Waals surface area (Å²) >= 11 is 5.73. The normalized spacial score (nSPS) is 10.1. The van der Waals surface area contributed by atoms with E-state index in [1.807, 2.05) is 0 Å². The third-order valence-electron chi connectivity index (χ3n) is 1.70. The number of aromatic nitrogens is 3. The molecule has 2 heterocycles. The van der Waals surface area contributed by atoms with Crippen molar-refractivity contribution in [2.24, 2.45) is 0 Å². The molecule has 1 radical (unpaired) electrons. The zero-order valence-corrected chi connectivity index (χ0v) is 8.19. The van der Waals surface area contributed by atoms with Crippen LogP contribution in [0.2, 0.25) is 5.15 Å². The standard InChI is InChI=1S/C9H7ClN3O/c1-14-9-7(3-4-8(10)12-9)13-6-2-5-11-13/h2-4,6H,1H3. The molecule has 2 aromatic rings. The average molecular weight is 209 g/mol. The summed E-state index contributed by atoms with van der Waals surface area (Å²) in [6.45, 7) is 0. The lowest BCUT2D eigenvalue weighted by Crippen LogP contribution is -2.00. The molecule has 0 aliphatic carbocycles. The van der Waals surface area contributed by atoms with Crippen LogP contribution in [0.3, 0.4) is 0 Å². The van der Waals surface area contributed by atoms with Crippen LogP contribution in [-0.4, -0.2) is 21.9 Å². The third kappa shape index (κ3) is 1.56. The van der Waals surface area contributed by atoms with E-state index >= 15 is 0 Å². The van der Waals surface area contributed by atoms with Crippen molar-refractivity contribution in [3.05, 3.63) is 35.7 Å². The van der Waals surface area contributed by atoms with Crippen molar-refractivity contribution in [3.8, 4) is 11.6 Å². The first-order chi connectivity index (χ1) is 6.81. The summed E-state index contributed by atoms with van der Waals surface area (Å²) < 4.78 is 6.69. The predicted molar refractivity (Wildman–Crippen MR) is 51.8 cm³/mol. The minimum atomic E-state index is 0.390. The van der Waals surface area contributed by atoms with Gasteiger partial charge >= 0.3 is 0 Å². The summed E-state index contributed by atoms with van der Waals surface area (Å²) in [5, 5.41) is 4.34. The Hall–Kier alpha value is -1.55. The van der Waals surface area contributed by atoms with Crippen molar-refractivity contribution < 1.29 is 4.74 Å². The maximum absolute atomic E-state index is 5.73. The second-order valence-electron chi connectivity index (χ2n) is 2.55. The van der Waals surface area contributed by atoms with Gasteiger partial charge in [0.2, 0.25) is 5.88 Å². The van der Waals surface area contributed by atoms with Crippen LogP contribution in [0.15, 0.2) is 24.4 Å². The van der Waals surface area contributed by atoms with Crippen molar-refractivity contribution in [1.29, 1.82) is 0 Å². The highest BCUT2D eigenvalue weighted by Crippen LogP contribution is 2.21. The molecule has 0 unspecified atom stereocenters. The van der Waals surface area contributed by atoms with Gasteiger partial charge in [0.25, 0.3) is 0 Å². The molecule has 2 aromatic heterocycles. The van der Waals surface area contributed by atoms with Crippen molar-refractivity contribution in [2.75, 3.05) is 7.11 Å². The number of methoxy groups -OCH3 is 1. The first kappa shape index (κ1) is 9.02. The fourth-order valence-corrected chi connectivity index (χ4v) is 1.24. The van der Waals surface area contributed by atoms with Crippen LogP contribution in [-0.2, 0) is 0 Å². The Bertz CT molecular complexity index is 428. The molecule has 4 nitrogen and oxygen atoms in total. The lowest BCUT2D eigenvalue weighted by atomic mass is 10.4. The predicted octanol–water partition coefficient (Wildman–Crippen LogP) is 1.73. The average Bonchev–Trinajstić information content (AvgIpc) is 2.70. The van der Waals surface area contributed by atoms with Crippen LogP contribution in [0, 0.1) is 6.20 Å². The van der Waals surface area contributed by atoms with Crippen LogP contribution >= 0.6 is 11.6 Å². The molecule has 0 saturated carbocycles. The molecule has 0 N–H and O–H groups in total. The molecule has 0 bridgehead atoms. The highest BCUT2D eigenvalue weighted by atomic mass is 35.5. The fraction of sp³-hybridized carbons (Fsp3) is 0.111. The van der Waals surface area contributed by atoms with Gasteiger partial charge in [-0.2, -0.15) is 10.1 Å². The molecule has 0 fully saturated rings. The van der Waals surface area contributed by atoms with Gasteiger partial charge in [0.1, 0.15) is 17.0 Å². The fourth-order valence-electron chi connectivity index (χ4n) is 1.10. The molecule has 0 aromatic carbocycles. The highest BCUT2D eigenvalue weighted by Gasteiger charge is 2.07. The molecule has 0 spiro atoms. The summed E-state index contributed by atoms with van der Waals surface area (Å²) in [5.74, 6) is 0.439. The van der Waals surface area contributed by atoms with E-state index < -0.39 is 0 Å². The van der Waals surface area contributed by atoms with Gasteiger partial charge in [-0.05, 0) is 18.2 Å². The van der Waals surface area contributed by atoms with E-state index in [9.17, 15) is 0 Å². The monoisotopic (exact) mass is 208 g/mol. The summed E-state index contributed by atoms with van der Waals surface area (Å²) in [6, 6.07) is 5.17. The van der Waals surface area contributed by atoms with Crippen LogP contribution in [0.1, 0.15) is 0 Å². The van der Waals surface area contributed by atoms with Gasteiger partial charge in [-0.25, -0.2) is 4.68 Å². The molecule has 2 rings (SSSR count). The number of ether oxygens (including phenoxy) is 1. The van der Waals surface area contributed by atoms with Gasteiger partial charge in [-0.3, -0.25) is 0 Å². The summed E-state index contributed by atoms with van der Waals surface area (Å²) in [7, 11) is 1.54. The summed E-state index contributed by atoms with van der Waals surface area (Å²) in [4.78, 5) is 4.02. The first-order valence-corrected chi connectivity index (χ1v) is 4.31. The van der Waals surface area contributed by atoms with Crippen molar-refractivity contribution in [1.82, 2.24) is 14.8 Å². The molecule has 0 saturated heterocycles. The Morgan fingerprint density at radius 1 is 1.50 bits per heavy atom. The SMILES string of the molecule is COc1nc(Cl)ccc1-n1cc[c]n1. The smallest absolute Gasteiger partial charge is 0.241 e. The second kappa shape index (κ2) is 3.67. The van der Waals surface area contributed by atoms with Crippen molar-refractivity contribution >= 4 is 11.6 Å². The van der Waals surface area contributed by atoms with Crippen LogP contribution in [0.4, 0.5) is 0 Å². The van der Waals surface area contributed by atoms with Crippen LogP contribution in [0.5, 0.6) is 5.88 Å². The molecular weight excluding hydrogens is 202 g/mol. The Morgan fingerprint density at radius 3 is 3.00 bits per heavy atom. The van der Waals surface area contributed by atoms with Gasteiger partial charge in [0.15, 0.2) is 0 Å². The molecule has 0 amide bonds. The molecule has 0 atom stereocenters. The molecule has 5 heteroatoms. The van der Waals surface area contributed by atoms with E-state index in [2.05, 4.69) is 16.3 Å². The minimum absolute atomic E-state index is 0.390. The molecule has 71 valence electrons. The number of pyridine rings is 1. The largest absolute Gasteiger partial charge is 0.479 e. The van der Waals surface area contributed by atoms with Crippen LogP contribution < -0.4 is 4.74 Å². The number of hydrogen-bond acceptors (Lipinski definition) is 3. The second-order valence-corrected chi connectivity index (χ2v) is 2.94. The Balaban J connectivity index is 2.53. The third-order valence-corrected chi connectivity index (χ3v) is 1.91. The quantitative estimate of drug-likeness (QED) is 0.706. The highest BCUT2D eigenvalue weighted by molar-refractivity contribution is 6.29. The maximum atomic E-state index is 5.73. The van der Waals surface area contributed by atoms with Crippen molar-refractivity contribution in [2.45, 2.75) is 0 Å². The van der Waals surface area contributed by atoms with E-state index in [1.54, 1.807) is 29.1 Å². The van der Waals surface area contributed by atoms with E-state index in [0.29, 0.717) is 11.0 Å². The zero-order valence-electron chi connectivity index (χ0n) is 7.44. The molecule has 0 aliphatic rings. The van der Waals surface area contributed by atoms with Gasteiger partial charge in [0, 0.05) is 6.20 Å². The molecular formula is C9H7ClN3O. The first-order valence-electron chi connectivity index (χ1n) is 3.94. The maximum Gasteiger partial charge on any atom is 0.241 e. The summed E-state index contributed by atoms with van der Waals surface area (Å²) in [5.41, 5.74) is 0.734. The van der Waals surface area contributed by atoms with Gasteiger partial charge in [-0.15, -0.1) is 0 Å². The van der Waals surface area contributed by atoms with Gasteiger partial charge in [0.05, 0.1) is 7.11 Å². The number of halogens is 1. The lowest BCUT2D eigenvalue weighted by molar-refractivity contribution is 0.395. The van der Waals surface area contributed by atoms with Gasteiger partial charge < -0.3 is 4.74 Å². The van der Waals surface area contributed by atoms with Gasteiger partial charge in [-0.1, -0.05) is 11.6 Å². The van der Waals surface area contributed by atoms with Crippen LogP contribution in [0.25, 0.3) is 5.69 Å². The minimum Gasteiger partial charge on any atom is -0.479 e. The Labute approximate surface area is 86.1 Å². The topological polar surface area (TPSA) is 39.9 Å². The Kier molecular flexibility index (Phi) is 2.37. The number of rotatable bonds is 2. The van der Waals surface area contributed by atoms with Crippen molar-refractivity contribution in [3.63, 3.8) is 0 Å². The Morgan fingerprint density at radius 2 is 2.36 bits per heavy atom. The molecule has 0 aliphatic heterocycles. The number of hydrogen-bond donors (Lipinski definition) is 0. The zero-order chi connectivity index (χ0) is 9.97. The molecule has 14 heavy (non-hydrogen) atoms. The number of nitrogens with zero attached hydrogens (tertiary/aromatic N) is 3. The van der Waals surface area contributed by atoms with E-state index in [0.717, 1.165) is 5.69 Å². The van der Waals surface area contributed by atoms with E-state index in [1.165, 1.54) is 7.11 Å². The van der Waals surface area contributed by atoms with E-state index in [4.69, 9.17) is 16.3 Å². The van der Waals surface area contributed by atoms with E-state index in [-0.39, 0.29) is 0 Å².